The molecule has 1 heterocycles. The van der Waals surface area contributed by atoms with E-state index in [9.17, 15) is 10.1 Å². The Kier molecular flexibility index (Phi) is 3.11. The average molecular weight is 315 g/mol. The zero-order valence-electron chi connectivity index (χ0n) is 9.95. The summed E-state index contributed by atoms with van der Waals surface area (Å²) in [7, 11) is 0. The van der Waals surface area contributed by atoms with Crippen LogP contribution in [-0.2, 0) is 0 Å². The van der Waals surface area contributed by atoms with Crippen LogP contribution >= 0.6 is 0 Å². The standard InChI is InChI=1S/C15H10NO2Se/c17-16(18)13-8-5-12(6-9-13)15-10-7-11-3-1-2-4-14(11)19-15/h1-10H/q+1. The fraction of sp³-hybridized carbons (Fsp3) is 0. The van der Waals surface area contributed by atoms with Crippen LogP contribution in [-0.4, -0.2) is 19.4 Å². The summed E-state index contributed by atoms with van der Waals surface area (Å²) in [6.45, 7) is 0. The van der Waals surface area contributed by atoms with Crippen LogP contribution in [0.15, 0.2) is 60.7 Å². The summed E-state index contributed by atoms with van der Waals surface area (Å²) in [6.07, 6.45) is 0. The van der Waals surface area contributed by atoms with Crippen molar-refractivity contribution in [2.45, 2.75) is 0 Å². The number of fused-ring (bicyclic) bond motifs is 1. The second-order valence-electron chi connectivity index (χ2n) is 4.14. The van der Waals surface area contributed by atoms with Gasteiger partial charge < -0.3 is 0 Å². The van der Waals surface area contributed by atoms with E-state index >= 15 is 0 Å². The average Bonchev–Trinajstić information content (AvgIpc) is 2.47. The van der Waals surface area contributed by atoms with E-state index < -0.39 is 0 Å². The molecule has 0 N–H and O–H groups in total. The van der Waals surface area contributed by atoms with Crippen LogP contribution in [0.2, 0.25) is 0 Å². The Hall–Kier alpha value is -2.03. The molecule has 3 rings (SSSR count). The van der Waals surface area contributed by atoms with E-state index in [2.05, 4.69) is 24.3 Å². The van der Waals surface area contributed by atoms with Gasteiger partial charge in [0.1, 0.15) is 0 Å². The molecule has 2 aromatic carbocycles. The predicted octanol–water partition coefficient (Wildman–Crippen LogP) is 3.75. The molecule has 0 bridgehead atoms. The molecular weight excluding hydrogens is 305 g/mol. The third-order valence-electron chi connectivity index (χ3n) is 2.92. The van der Waals surface area contributed by atoms with Crippen molar-refractivity contribution >= 4 is 29.8 Å². The van der Waals surface area contributed by atoms with Crippen molar-refractivity contribution in [2.75, 3.05) is 0 Å². The number of hydrogen-bond donors (Lipinski definition) is 0. The van der Waals surface area contributed by atoms with Gasteiger partial charge in [-0.3, -0.25) is 0 Å². The van der Waals surface area contributed by atoms with Crippen molar-refractivity contribution in [3.05, 3.63) is 70.8 Å². The van der Waals surface area contributed by atoms with E-state index in [0.29, 0.717) is 0 Å². The molecular formula is C15H10NO2Se+. The topological polar surface area (TPSA) is 43.1 Å². The van der Waals surface area contributed by atoms with Gasteiger partial charge in [0.05, 0.1) is 0 Å². The zero-order valence-corrected chi connectivity index (χ0v) is 11.7. The Morgan fingerprint density at radius 2 is 1.63 bits per heavy atom. The van der Waals surface area contributed by atoms with Crippen molar-refractivity contribution in [3.8, 4) is 10.0 Å². The van der Waals surface area contributed by atoms with Crippen molar-refractivity contribution in [2.24, 2.45) is 0 Å². The molecule has 1 aromatic heterocycles. The van der Waals surface area contributed by atoms with E-state index in [-0.39, 0.29) is 25.1 Å². The first kappa shape index (κ1) is 12.0. The number of benzene rings is 2. The molecule has 19 heavy (non-hydrogen) atoms. The molecule has 0 aliphatic rings. The van der Waals surface area contributed by atoms with E-state index in [4.69, 9.17) is 0 Å². The fourth-order valence-corrected chi connectivity index (χ4v) is 4.09. The molecule has 4 heteroatoms. The third-order valence-corrected chi connectivity index (χ3v) is 5.40. The summed E-state index contributed by atoms with van der Waals surface area (Å²) < 4.78 is 2.60. The molecule has 0 fully saturated rings. The first-order valence-corrected chi connectivity index (χ1v) is 7.52. The minimum absolute atomic E-state index is 0.136. The molecule has 0 aliphatic heterocycles. The van der Waals surface area contributed by atoms with E-state index in [1.54, 1.807) is 12.1 Å². The maximum absolute atomic E-state index is 10.6. The van der Waals surface area contributed by atoms with Gasteiger partial charge in [0.15, 0.2) is 0 Å². The normalized spacial score (nSPS) is 10.5. The number of nitro groups is 1. The first-order chi connectivity index (χ1) is 9.24. The first-order valence-electron chi connectivity index (χ1n) is 5.81. The summed E-state index contributed by atoms with van der Waals surface area (Å²) in [5.74, 6) is 0. The van der Waals surface area contributed by atoms with Gasteiger partial charge >= 0.3 is 116 Å². The fourth-order valence-electron chi connectivity index (χ4n) is 1.93. The molecule has 0 atom stereocenters. The van der Waals surface area contributed by atoms with Gasteiger partial charge in [-0.15, -0.1) is 0 Å². The van der Waals surface area contributed by atoms with Crippen LogP contribution in [0.1, 0.15) is 0 Å². The van der Waals surface area contributed by atoms with Gasteiger partial charge in [0.25, 0.3) is 0 Å². The minimum atomic E-state index is -0.369. The van der Waals surface area contributed by atoms with E-state index in [1.165, 1.54) is 14.1 Å². The third kappa shape index (κ3) is 2.41. The molecule has 0 radical (unpaired) electrons. The Bertz CT molecular complexity index is 753. The monoisotopic (exact) mass is 316 g/mol. The number of nitrogens with zero attached hydrogens (tertiary/aromatic N) is 1. The summed E-state index contributed by atoms with van der Waals surface area (Å²) in [6, 6.07) is 19.3. The van der Waals surface area contributed by atoms with Gasteiger partial charge in [0.2, 0.25) is 0 Å². The molecule has 0 spiro atoms. The molecule has 3 aromatic rings. The summed E-state index contributed by atoms with van der Waals surface area (Å²) in [4.78, 5) is 10.3. The van der Waals surface area contributed by atoms with Gasteiger partial charge in [0, 0.05) is 0 Å². The van der Waals surface area contributed by atoms with Crippen LogP contribution in [0, 0.1) is 10.1 Å². The van der Waals surface area contributed by atoms with Crippen molar-refractivity contribution in [1.82, 2.24) is 0 Å². The quantitative estimate of drug-likeness (QED) is 0.411. The summed E-state index contributed by atoms with van der Waals surface area (Å²) in [5.41, 5.74) is 1.20. The number of hydrogen-bond acceptors (Lipinski definition) is 2. The Balaban J connectivity index is 2.06. The van der Waals surface area contributed by atoms with Crippen molar-refractivity contribution < 1.29 is 4.92 Å². The molecule has 92 valence electrons. The van der Waals surface area contributed by atoms with Gasteiger partial charge in [-0.2, -0.15) is 0 Å². The maximum atomic E-state index is 10.6. The van der Waals surface area contributed by atoms with E-state index in [0.717, 1.165) is 5.56 Å². The molecule has 0 amide bonds. The number of non-ortho nitro benzene ring substituents is 1. The van der Waals surface area contributed by atoms with Crippen molar-refractivity contribution in [3.63, 3.8) is 0 Å². The van der Waals surface area contributed by atoms with Gasteiger partial charge in [-0.05, 0) is 0 Å². The van der Waals surface area contributed by atoms with Crippen molar-refractivity contribution in [1.29, 1.82) is 0 Å². The second-order valence-corrected chi connectivity index (χ2v) is 6.42. The Morgan fingerprint density at radius 1 is 0.895 bits per heavy atom. The van der Waals surface area contributed by atoms with Crippen LogP contribution in [0.3, 0.4) is 0 Å². The number of nitro benzene ring substituents is 1. The molecule has 3 nitrogen and oxygen atoms in total. The van der Waals surface area contributed by atoms with Crippen LogP contribution in [0.5, 0.6) is 0 Å². The molecule has 0 saturated heterocycles. The van der Waals surface area contributed by atoms with Crippen LogP contribution in [0.4, 0.5) is 5.69 Å². The van der Waals surface area contributed by atoms with Gasteiger partial charge in [-0.25, -0.2) is 0 Å². The summed E-state index contributed by atoms with van der Waals surface area (Å²) in [5, 5.41) is 11.9. The predicted molar refractivity (Wildman–Crippen MR) is 77.4 cm³/mol. The molecule has 0 unspecified atom stereocenters. The molecule has 0 saturated carbocycles. The number of rotatable bonds is 2. The SMILES string of the molecule is O=[N+]([O-])c1ccc(-c2ccc3ccccc3[se+]2)cc1. The van der Waals surface area contributed by atoms with Gasteiger partial charge in [-0.1, -0.05) is 0 Å². The second kappa shape index (κ2) is 4.92. The zero-order chi connectivity index (χ0) is 13.2. The Labute approximate surface area is 116 Å². The van der Waals surface area contributed by atoms with E-state index in [1.807, 2.05) is 24.3 Å². The molecule has 0 aliphatic carbocycles. The Morgan fingerprint density at radius 3 is 2.37 bits per heavy atom. The van der Waals surface area contributed by atoms with Crippen LogP contribution in [0.25, 0.3) is 19.6 Å². The van der Waals surface area contributed by atoms with Crippen LogP contribution < -0.4 is 0 Å². The summed E-state index contributed by atoms with van der Waals surface area (Å²) >= 11 is 0.251.